The number of hydrogen-bond acceptors (Lipinski definition) is 15. The number of aromatic nitrogens is 3. The smallest absolute Gasteiger partial charge is 0.412 e. The van der Waals surface area contributed by atoms with Crippen molar-refractivity contribution >= 4 is 68.8 Å². The van der Waals surface area contributed by atoms with E-state index in [4.69, 9.17) is 51.3 Å². The van der Waals surface area contributed by atoms with Crippen molar-refractivity contribution in [2.75, 3.05) is 5.32 Å². The van der Waals surface area contributed by atoms with Gasteiger partial charge in [-0.2, -0.15) is 14.4 Å². The summed E-state index contributed by atoms with van der Waals surface area (Å²) in [7, 11) is -5.84. The van der Waals surface area contributed by atoms with E-state index in [-0.39, 0.29) is 57.2 Å². The average Bonchev–Trinajstić information content (AvgIpc) is 4.01. The summed E-state index contributed by atoms with van der Waals surface area (Å²) in [5, 5.41) is 9.87. The number of ether oxygens (including phenoxy) is 1. The lowest BCUT2D eigenvalue weighted by Crippen LogP contribution is -2.53. The van der Waals surface area contributed by atoms with Gasteiger partial charge in [-0.05, 0) is 35.1 Å². The first-order chi connectivity index (χ1) is 29.7. The zero-order valence-electron chi connectivity index (χ0n) is 32.9. The lowest BCUT2D eigenvalue weighted by Gasteiger charge is -2.29. The van der Waals surface area contributed by atoms with Crippen molar-refractivity contribution in [1.82, 2.24) is 25.3 Å². The van der Waals surface area contributed by atoms with Crippen LogP contribution in [0.15, 0.2) is 63.4 Å². The second-order valence-corrected chi connectivity index (χ2v) is 18.0. The van der Waals surface area contributed by atoms with Gasteiger partial charge in [-0.25, -0.2) is 9.87 Å². The van der Waals surface area contributed by atoms with E-state index in [1.54, 1.807) is 32.0 Å². The molecule has 322 valence electrons. The average molecular weight is 926 g/mol. The summed E-state index contributed by atoms with van der Waals surface area (Å²) >= 11 is 14.0. The SMILES string of the molecule is CC(C)C1NC(=O)[C@@H](NC(=O)[C@@H](OOP(O)O)C(C)C)Cc2ccc3c(c2)C24c5cccc(c5NC2O3)-c2cccc3c2c(c(Cl)n3OP(O)O)-c2oc(nc2Cl)-c2nc1oc24. The topological polar surface area (TPSA) is 245 Å². The standard InChI is InChI=1S/C40H36Cl2N6O12P2/c1-15(2)27-37-45-29-32(57-37)40-20-9-5-8-19(18-7-6-10-23-25(18)26(31-33(41)47-38(29)56-31)34(42)48(23)59-61(51)52)28(20)46-39(40)55-24-12-11-17(13-21(24)40)14-22(35(49)44-27)43-36(50)30(16(3)4)58-60-62(53)54/h5-13,15-16,22,27,30,39,46,51-54H,14H2,1-4H3,(H,43,50)(H,44,49)/t22-,27?,30-,39?,40?/m0/s1. The van der Waals surface area contributed by atoms with Gasteiger partial charge in [-0.15, -0.1) is 0 Å². The number of anilines is 1. The predicted octanol–water partition coefficient (Wildman–Crippen LogP) is 6.40. The molecule has 22 heteroatoms. The van der Waals surface area contributed by atoms with E-state index in [1.165, 1.54) is 0 Å². The Bertz CT molecular complexity index is 2830. The number of rotatable bonds is 9. The quantitative estimate of drug-likeness (QED) is 0.0472. The summed E-state index contributed by atoms with van der Waals surface area (Å²) in [5.74, 6) is -1.23. The molecule has 0 aliphatic carbocycles. The molecule has 0 saturated carbocycles. The first kappa shape index (κ1) is 41.2. The van der Waals surface area contributed by atoms with E-state index in [0.29, 0.717) is 44.6 Å². The molecule has 10 bridgehead atoms. The molecule has 0 saturated heterocycles. The molecule has 3 unspecified atom stereocenters. The summed E-state index contributed by atoms with van der Waals surface area (Å²) in [4.78, 5) is 81.7. The van der Waals surface area contributed by atoms with Crippen LogP contribution in [0.25, 0.3) is 44.9 Å². The van der Waals surface area contributed by atoms with Crippen molar-refractivity contribution in [3.05, 3.63) is 93.2 Å². The largest absolute Gasteiger partial charge is 0.469 e. The fourth-order valence-electron chi connectivity index (χ4n) is 8.97. The Morgan fingerprint density at radius 2 is 1.76 bits per heavy atom. The van der Waals surface area contributed by atoms with Gasteiger partial charge in [0.25, 0.3) is 11.8 Å². The molecule has 10 rings (SSSR count). The van der Waals surface area contributed by atoms with Crippen LogP contribution in [0, 0.1) is 11.8 Å². The molecule has 62 heavy (non-hydrogen) atoms. The van der Waals surface area contributed by atoms with Gasteiger partial charge >= 0.3 is 17.2 Å². The Morgan fingerprint density at radius 1 is 0.984 bits per heavy atom. The number of halogens is 2. The molecule has 18 nitrogen and oxygen atoms in total. The Balaban J connectivity index is 1.24. The van der Waals surface area contributed by atoms with E-state index >= 15 is 0 Å². The summed E-state index contributed by atoms with van der Waals surface area (Å²) in [6.07, 6.45) is -2.13. The van der Waals surface area contributed by atoms with E-state index in [2.05, 4.69) is 25.6 Å². The third-order valence-electron chi connectivity index (χ3n) is 11.6. The molecule has 3 aromatic carbocycles. The Morgan fingerprint density at radius 3 is 2.50 bits per heavy atom. The molecule has 7 heterocycles. The monoisotopic (exact) mass is 924 g/mol. The molecule has 3 aromatic heterocycles. The van der Waals surface area contributed by atoms with Gasteiger partial charge in [0.05, 0.1) is 11.1 Å². The maximum absolute atomic E-state index is 14.4. The summed E-state index contributed by atoms with van der Waals surface area (Å²) in [6.45, 7) is 7.11. The molecule has 6 aromatic rings. The number of nitrogens with zero attached hydrogens (tertiary/aromatic N) is 3. The van der Waals surface area contributed by atoms with Crippen molar-refractivity contribution in [2.45, 2.75) is 63.9 Å². The maximum Gasteiger partial charge on any atom is 0.412 e. The molecule has 0 radical (unpaired) electrons. The molecule has 4 aliphatic rings. The number of carbonyl (C=O) groups is 2. The number of benzene rings is 3. The first-order valence-electron chi connectivity index (χ1n) is 19.4. The van der Waals surface area contributed by atoms with Crippen molar-refractivity contribution in [3.8, 4) is 39.8 Å². The number of carbonyl (C=O) groups excluding carboxylic acids is 2. The van der Waals surface area contributed by atoms with Gasteiger partial charge in [0.1, 0.15) is 23.2 Å². The fourth-order valence-corrected chi connectivity index (χ4v) is 10.0. The Kier molecular flexibility index (Phi) is 10.1. The third kappa shape index (κ3) is 6.23. The lowest BCUT2D eigenvalue weighted by atomic mass is 9.72. The number of fused-ring (bicyclic) bond motifs is 7. The van der Waals surface area contributed by atoms with Crippen molar-refractivity contribution in [3.63, 3.8) is 0 Å². The van der Waals surface area contributed by atoms with Crippen LogP contribution in [0.3, 0.4) is 0 Å². The van der Waals surface area contributed by atoms with E-state index in [9.17, 15) is 29.2 Å². The fraction of sp³-hybridized carbons (Fsp3) is 0.300. The van der Waals surface area contributed by atoms with E-state index < -0.39 is 64.8 Å². The van der Waals surface area contributed by atoms with Crippen LogP contribution in [-0.2, 0) is 31.0 Å². The molecule has 1 spiro atoms. The summed E-state index contributed by atoms with van der Waals surface area (Å²) in [5.41, 5.74) is 3.61. The Hall–Kier alpha value is -4.84. The second-order valence-electron chi connectivity index (χ2n) is 16.0. The highest BCUT2D eigenvalue weighted by Gasteiger charge is 2.62. The molecule has 5 atom stereocenters. The third-order valence-corrected chi connectivity index (χ3v) is 12.7. The van der Waals surface area contributed by atoms with Crippen LogP contribution in [0.4, 0.5) is 5.69 Å². The van der Waals surface area contributed by atoms with Crippen LogP contribution in [0.5, 0.6) is 5.75 Å². The maximum atomic E-state index is 14.4. The second kappa shape index (κ2) is 15.2. The molecular weight excluding hydrogens is 889 g/mol. The zero-order chi connectivity index (χ0) is 43.5. The predicted molar refractivity (Wildman–Crippen MR) is 224 cm³/mol. The summed E-state index contributed by atoms with van der Waals surface area (Å²) in [6, 6.07) is 14.6. The van der Waals surface area contributed by atoms with Gasteiger partial charge in [-0.1, -0.05) is 93.4 Å². The highest BCUT2D eigenvalue weighted by molar-refractivity contribution is 7.39. The van der Waals surface area contributed by atoms with Crippen LogP contribution in [0.1, 0.15) is 62.1 Å². The van der Waals surface area contributed by atoms with Crippen LogP contribution >= 0.6 is 40.4 Å². The van der Waals surface area contributed by atoms with Gasteiger partial charge in [-0.3, -0.25) is 9.59 Å². The van der Waals surface area contributed by atoms with Crippen LogP contribution in [-0.4, -0.2) is 64.5 Å². The minimum Gasteiger partial charge on any atom is -0.469 e. The minimum atomic E-state index is -2.92. The first-order valence-corrected chi connectivity index (χ1v) is 22.5. The van der Waals surface area contributed by atoms with Gasteiger partial charge in [0.15, 0.2) is 39.9 Å². The van der Waals surface area contributed by atoms with Gasteiger partial charge in [0, 0.05) is 34.2 Å². The van der Waals surface area contributed by atoms with E-state index in [0.717, 1.165) is 10.3 Å². The highest BCUT2D eigenvalue weighted by Crippen LogP contribution is 2.62. The number of oxazole rings is 2. The lowest BCUT2D eigenvalue weighted by molar-refractivity contribution is -0.254. The Labute approximate surface area is 363 Å². The molecule has 7 N–H and O–H groups in total. The summed E-state index contributed by atoms with van der Waals surface area (Å²) < 4.78 is 31.5. The normalized spacial score (nSPS) is 21.1. The number of para-hydroxylation sites is 1. The van der Waals surface area contributed by atoms with Gasteiger partial charge < -0.3 is 53.7 Å². The van der Waals surface area contributed by atoms with Crippen LogP contribution in [0.2, 0.25) is 10.3 Å². The van der Waals surface area contributed by atoms with Crippen LogP contribution < -0.4 is 25.3 Å². The number of hydrogen-bond donors (Lipinski definition) is 7. The van der Waals surface area contributed by atoms with Crippen molar-refractivity contribution in [1.29, 1.82) is 0 Å². The van der Waals surface area contributed by atoms with Crippen molar-refractivity contribution in [2.24, 2.45) is 11.8 Å². The molecule has 4 aliphatic heterocycles. The zero-order valence-corrected chi connectivity index (χ0v) is 36.2. The number of amides is 2. The van der Waals surface area contributed by atoms with E-state index in [1.807, 2.05) is 50.2 Å². The minimum absolute atomic E-state index is 0.0154. The number of nitrogens with one attached hydrogen (secondary N) is 3. The van der Waals surface area contributed by atoms with Crippen molar-refractivity contribution < 1.29 is 56.9 Å². The molecule has 2 amide bonds. The molecule has 0 fully saturated rings. The van der Waals surface area contributed by atoms with Gasteiger partial charge in [0.2, 0.25) is 11.8 Å². The highest BCUT2D eigenvalue weighted by atomic mass is 35.5. The molecular formula is C40H36Cl2N6O12P2.